The number of rotatable bonds is 6. The van der Waals surface area contributed by atoms with Gasteiger partial charge >= 0.3 is 5.97 Å². The fourth-order valence-electron chi connectivity index (χ4n) is 1.56. The van der Waals surface area contributed by atoms with Gasteiger partial charge in [0.05, 0.1) is 5.56 Å². The largest absolute Gasteiger partial charge is 0.487 e. The van der Waals surface area contributed by atoms with E-state index in [9.17, 15) is 9.18 Å². The fraction of sp³-hybridized carbons (Fsp3) is 0.231. The number of nitrogens with zero attached hydrogens (tertiary/aromatic N) is 1. The first kappa shape index (κ1) is 14.0. The number of hydrogen-bond donors (Lipinski definition) is 1. The first-order valence-corrected chi connectivity index (χ1v) is 5.68. The van der Waals surface area contributed by atoms with Crippen LogP contribution in [0.25, 0.3) is 0 Å². The lowest BCUT2D eigenvalue weighted by molar-refractivity contribution is 0.0695. The second-order valence-corrected chi connectivity index (χ2v) is 3.99. The third-order valence-electron chi connectivity index (χ3n) is 2.40. The highest BCUT2D eigenvalue weighted by Crippen LogP contribution is 2.18. The molecule has 2 aromatic rings. The van der Waals surface area contributed by atoms with Crippen molar-refractivity contribution in [2.24, 2.45) is 0 Å². The van der Waals surface area contributed by atoms with Gasteiger partial charge in [0.2, 0.25) is 0 Å². The zero-order chi connectivity index (χ0) is 14.5. The molecule has 2 rings (SSSR count). The molecule has 0 amide bonds. The Morgan fingerprint density at radius 2 is 2.15 bits per heavy atom. The first-order chi connectivity index (χ1) is 9.58. The number of carbonyl (C=O) groups is 1. The van der Waals surface area contributed by atoms with Gasteiger partial charge < -0.3 is 19.1 Å². The molecule has 106 valence electrons. The van der Waals surface area contributed by atoms with E-state index >= 15 is 0 Å². The smallest absolute Gasteiger partial charge is 0.335 e. The Labute approximate surface area is 113 Å². The van der Waals surface area contributed by atoms with E-state index in [1.54, 1.807) is 6.07 Å². The molecule has 0 aliphatic carbocycles. The number of halogens is 1. The molecular weight excluding hydrogens is 269 g/mol. The van der Waals surface area contributed by atoms with E-state index < -0.39 is 11.8 Å². The first-order valence-electron chi connectivity index (χ1n) is 5.68. The summed E-state index contributed by atoms with van der Waals surface area (Å²) >= 11 is 0. The Balaban J connectivity index is 2.04. The van der Waals surface area contributed by atoms with Gasteiger partial charge in [-0.1, -0.05) is 5.16 Å². The van der Waals surface area contributed by atoms with E-state index in [4.69, 9.17) is 19.1 Å². The van der Waals surface area contributed by atoms with E-state index in [1.807, 2.05) is 0 Å². The standard InChI is InChI=1S/C13H12FNO5/c1-18-7-12-5-10(15-20-12)6-19-11-3-8(13(16)17)2-9(14)4-11/h2-5H,6-7H2,1H3,(H,16,17). The van der Waals surface area contributed by atoms with Crippen LogP contribution in [-0.2, 0) is 18.0 Å². The molecule has 0 saturated carbocycles. The predicted octanol–water partition coefficient (Wildman–Crippen LogP) is 2.24. The highest BCUT2D eigenvalue weighted by molar-refractivity contribution is 5.88. The average Bonchev–Trinajstić information content (AvgIpc) is 2.84. The summed E-state index contributed by atoms with van der Waals surface area (Å²) in [5, 5.41) is 12.6. The van der Waals surface area contributed by atoms with Crippen molar-refractivity contribution in [2.45, 2.75) is 13.2 Å². The Morgan fingerprint density at radius 1 is 1.35 bits per heavy atom. The lowest BCUT2D eigenvalue weighted by atomic mass is 10.2. The van der Waals surface area contributed by atoms with Crippen molar-refractivity contribution in [3.05, 3.63) is 47.1 Å². The van der Waals surface area contributed by atoms with Crippen LogP contribution in [0, 0.1) is 5.82 Å². The summed E-state index contributed by atoms with van der Waals surface area (Å²) in [5.74, 6) is -1.26. The third-order valence-corrected chi connectivity index (χ3v) is 2.40. The maximum Gasteiger partial charge on any atom is 0.335 e. The summed E-state index contributed by atoms with van der Waals surface area (Å²) in [5.41, 5.74) is 0.318. The molecule has 0 bridgehead atoms. The second kappa shape index (κ2) is 6.16. The zero-order valence-corrected chi connectivity index (χ0v) is 10.6. The molecule has 20 heavy (non-hydrogen) atoms. The van der Waals surface area contributed by atoms with Crippen LogP contribution in [0.3, 0.4) is 0 Å². The number of carboxylic acids is 1. The average molecular weight is 281 g/mol. The minimum absolute atomic E-state index is 0.0374. The van der Waals surface area contributed by atoms with Gasteiger partial charge in [-0.15, -0.1) is 0 Å². The van der Waals surface area contributed by atoms with E-state index in [1.165, 1.54) is 13.2 Å². The van der Waals surface area contributed by atoms with Crippen LogP contribution >= 0.6 is 0 Å². The van der Waals surface area contributed by atoms with E-state index in [0.717, 1.165) is 12.1 Å². The third kappa shape index (κ3) is 3.55. The molecule has 0 aliphatic heterocycles. The lowest BCUT2D eigenvalue weighted by Gasteiger charge is -2.05. The van der Waals surface area contributed by atoms with Gasteiger partial charge in [-0.25, -0.2) is 9.18 Å². The molecule has 0 atom stereocenters. The van der Waals surface area contributed by atoms with Crippen molar-refractivity contribution in [3.8, 4) is 5.75 Å². The number of hydrogen-bond acceptors (Lipinski definition) is 5. The Bertz CT molecular complexity index is 611. The number of ether oxygens (including phenoxy) is 2. The van der Waals surface area contributed by atoms with Crippen LogP contribution in [0.2, 0.25) is 0 Å². The monoisotopic (exact) mass is 281 g/mol. The highest BCUT2D eigenvalue weighted by Gasteiger charge is 2.09. The number of aromatic nitrogens is 1. The fourth-order valence-corrected chi connectivity index (χ4v) is 1.56. The highest BCUT2D eigenvalue weighted by atomic mass is 19.1. The van der Waals surface area contributed by atoms with Crippen LogP contribution in [0.4, 0.5) is 4.39 Å². The molecule has 0 aliphatic rings. The SMILES string of the molecule is COCc1cc(COc2cc(F)cc(C(=O)O)c2)no1. The zero-order valence-electron chi connectivity index (χ0n) is 10.6. The summed E-state index contributed by atoms with van der Waals surface area (Å²) in [7, 11) is 1.53. The van der Waals surface area contributed by atoms with Crippen LogP contribution in [0.5, 0.6) is 5.75 Å². The molecule has 6 nitrogen and oxygen atoms in total. The molecule has 1 heterocycles. The maximum atomic E-state index is 13.2. The molecule has 0 fully saturated rings. The summed E-state index contributed by atoms with van der Waals surface area (Å²) in [6, 6.07) is 4.90. The van der Waals surface area contributed by atoms with Gasteiger partial charge in [0.1, 0.15) is 30.5 Å². The van der Waals surface area contributed by atoms with Crippen molar-refractivity contribution < 1.29 is 28.3 Å². The molecule has 0 saturated heterocycles. The molecule has 1 aromatic carbocycles. The minimum atomic E-state index is -1.22. The molecule has 0 spiro atoms. The topological polar surface area (TPSA) is 81.8 Å². The Hall–Kier alpha value is -2.41. The van der Waals surface area contributed by atoms with Gasteiger partial charge in [-0.2, -0.15) is 0 Å². The summed E-state index contributed by atoms with van der Waals surface area (Å²) in [4.78, 5) is 10.8. The van der Waals surface area contributed by atoms with Gasteiger partial charge in [-0.05, 0) is 12.1 Å². The van der Waals surface area contributed by atoms with Gasteiger partial charge in [0.15, 0.2) is 5.76 Å². The quantitative estimate of drug-likeness (QED) is 0.874. The van der Waals surface area contributed by atoms with Crippen molar-refractivity contribution >= 4 is 5.97 Å². The maximum absolute atomic E-state index is 13.2. The summed E-state index contributed by atoms with van der Waals surface area (Å²) < 4.78 is 28.3. The van der Waals surface area contributed by atoms with Crippen LogP contribution in [0.1, 0.15) is 21.8 Å². The molecule has 1 N–H and O–H groups in total. The number of benzene rings is 1. The molecule has 7 heteroatoms. The summed E-state index contributed by atoms with van der Waals surface area (Å²) in [6.07, 6.45) is 0. The van der Waals surface area contributed by atoms with Crippen molar-refractivity contribution in [3.63, 3.8) is 0 Å². The molecular formula is C13H12FNO5. The van der Waals surface area contributed by atoms with E-state index in [0.29, 0.717) is 11.5 Å². The number of carboxylic acid groups (broad SMARTS) is 1. The van der Waals surface area contributed by atoms with E-state index in [-0.39, 0.29) is 24.5 Å². The molecule has 1 aromatic heterocycles. The number of aromatic carboxylic acids is 1. The lowest BCUT2D eigenvalue weighted by Crippen LogP contribution is -2.00. The Morgan fingerprint density at radius 3 is 2.85 bits per heavy atom. The second-order valence-electron chi connectivity index (χ2n) is 3.99. The van der Waals surface area contributed by atoms with E-state index in [2.05, 4.69) is 5.16 Å². The van der Waals surface area contributed by atoms with Crippen LogP contribution in [0.15, 0.2) is 28.8 Å². The van der Waals surface area contributed by atoms with Crippen molar-refractivity contribution in [1.29, 1.82) is 0 Å². The van der Waals surface area contributed by atoms with Gasteiger partial charge in [0.25, 0.3) is 0 Å². The Kier molecular flexibility index (Phi) is 4.31. The van der Waals surface area contributed by atoms with Crippen LogP contribution in [-0.4, -0.2) is 23.3 Å². The van der Waals surface area contributed by atoms with Crippen LogP contribution < -0.4 is 4.74 Å². The van der Waals surface area contributed by atoms with Crippen molar-refractivity contribution in [1.82, 2.24) is 5.16 Å². The minimum Gasteiger partial charge on any atom is -0.487 e. The molecule has 0 unspecified atom stereocenters. The predicted molar refractivity (Wildman–Crippen MR) is 64.9 cm³/mol. The van der Waals surface area contributed by atoms with Gasteiger partial charge in [0, 0.05) is 19.2 Å². The summed E-state index contributed by atoms with van der Waals surface area (Å²) in [6.45, 7) is 0.325. The van der Waals surface area contributed by atoms with Gasteiger partial charge in [-0.3, -0.25) is 0 Å². The van der Waals surface area contributed by atoms with Crippen molar-refractivity contribution in [2.75, 3.05) is 7.11 Å². The normalized spacial score (nSPS) is 10.5. The molecule has 0 radical (unpaired) electrons. The number of methoxy groups -OCH3 is 1.